The summed E-state index contributed by atoms with van der Waals surface area (Å²) in [4.78, 5) is 16.4. The molecular formula is C17H18BrClN2O. The molecule has 22 heavy (non-hydrogen) atoms. The van der Waals surface area contributed by atoms with E-state index in [2.05, 4.69) is 39.2 Å². The van der Waals surface area contributed by atoms with Gasteiger partial charge in [-0.1, -0.05) is 30.7 Å². The lowest BCUT2D eigenvalue weighted by molar-refractivity contribution is 0.0956. The molecule has 0 spiro atoms. The third-order valence-electron chi connectivity index (χ3n) is 3.63. The van der Waals surface area contributed by atoms with Crippen molar-refractivity contribution in [2.45, 2.75) is 25.7 Å². The molecule has 1 atom stereocenters. The van der Waals surface area contributed by atoms with Crippen LogP contribution in [0, 0.1) is 0 Å². The van der Waals surface area contributed by atoms with Gasteiger partial charge in [-0.2, -0.15) is 0 Å². The Hall–Kier alpha value is -1.39. The molecule has 1 amide bonds. The minimum Gasteiger partial charge on any atom is -0.354 e. The molecular weight excluding hydrogens is 364 g/mol. The lowest BCUT2D eigenvalue weighted by Crippen LogP contribution is -2.22. The van der Waals surface area contributed by atoms with Crippen LogP contribution in [0.25, 0.3) is 0 Å². The summed E-state index contributed by atoms with van der Waals surface area (Å²) in [5.74, 6) is 0.0443. The van der Waals surface area contributed by atoms with Crippen molar-refractivity contribution in [1.82, 2.24) is 10.3 Å². The average Bonchev–Trinajstić information content (AvgIpc) is 2.52. The summed E-state index contributed by atoms with van der Waals surface area (Å²) in [7, 11) is 1.62. The van der Waals surface area contributed by atoms with E-state index in [-0.39, 0.29) is 11.8 Å². The fraction of sp³-hybridized carbons (Fsp3) is 0.294. The van der Waals surface area contributed by atoms with E-state index < -0.39 is 0 Å². The van der Waals surface area contributed by atoms with Crippen LogP contribution in [0.4, 0.5) is 0 Å². The number of carbonyl (C=O) groups excluding carboxylic acids is 1. The zero-order valence-corrected chi connectivity index (χ0v) is 14.9. The minimum absolute atomic E-state index is 0.160. The lowest BCUT2D eigenvalue weighted by atomic mass is 9.88. The van der Waals surface area contributed by atoms with Crippen LogP contribution in [0.2, 0.25) is 5.02 Å². The zero-order chi connectivity index (χ0) is 16.1. The number of nitrogens with one attached hydrogen (secondary N) is 1. The topological polar surface area (TPSA) is 42.0 Å². The molecule has 1 aromatic carbocycles. The van der Waals surface area contributed by atoms with Gasteiger partial charge >= 0.3 is 0 Å². The molecule has 1 N–H and O–H groups in total. The zero-order valence-electron chi connectivity index (χ0n) is 12.6. The molecule has 5 heteroatoms. The number of amides is 1. The van der Waals surface area contributed by atoms with E-state index in [0.29, 0.717) is 5.69 Å². The third-order valence-corrected chi connectivity index (χ3v) is 4.30. The van der Waals surface area contributed by atoms with Crippen molar-refractivity contribution in [3.8, 4) is 0 Å². The van der Waals surface area contributed by atoms with E-state index in [4.69, 9.17) is 11.6 Å². The monoisotopic (exact) mass is 380 g/mol. The Morgan fingerprint density at radius 3 is 2.82 bits per heavy atom. The summed E-state index contributed by atoms with van der Waals surface area (Å²) >= 11 is 9.51. The molecule has 0 saturated heterocycles. The molecule has 0 fully saturated rings. The Kier molecular flexibility index (Phi) is 5.98. The Balaban J connectivity index is 2.38. The Morgan fingerprint density at radius 1 is 1.41 bits per heavy atom. The molecule has 0 radical (unpaired) electrons. The van der Waals surface area contributed by atoms with Gasteiger partial charge in [-0.25, -0.2) is 4.98 Å². The normalized spacial score (nSPS) is 12.0. The van der Waals surface area contributed by atoms with E-state index in [1.807, 2.05) is 24.3 Å². The standard InChI is InChI=1S/C17H18BrClN2O/c1-3-12(7-11-5-4-6-14(19)8-11)15-9-13(18)10-21-16(15)17(22)20-2/h4-6,8-10,12H,3,7H2,1-2H3,(H,20,22). The Labute approximate surface area is 144 Å². The second-order valence-electron chi connectivity index (χ2n) is 5.11. The quantitative estimate of drug-likeness (QED) is 0.823. The molecule has 0 aliphatic rings. The van der Waals surface area contributed by atoms with E-state index in [9.17, 15) is 4.79 Å². The number of aromatic nitrogens is 1. The fourth-order valence-electron chi connectivity index (χ4n) is 2.50. The van der Waals surface area contributed by atoms with Crippen molar-refractivity contribution >= 4 is 33.4 Å². The molecule has 0 saturated carbocycles. The second kappa shape index (κ2) is 7.75. The van der Waals surface area contributed by atoms with Crippen LogP contribution in [0.15, 0.2) is 41.0 Å². The summed E-state index contributed by atoms with van der Waals surface area (Å²) in [6, 6.07) is 9.82. The number of nitrogens with zero attached hydrogens (tertiary/aromatic N) is 1. The van der Waals surface area contributed by atoms with Gasteiger partial charge in [-0.05, 0) is 64.0 Å². The van der Waals surface area contributed by atoms with Gasteiger partial charge in [0, 0.05) is 22.7 Å². The second-order valence-corrected chi connectivity index (χ2v) is 6.46. The number of carbonyl (C=O) groups is 1. The van der Waals surface area contributed by atoms with Crippen molar-refractivity contribution < 1.29 is 4.79 Å². The molecule has 0 aliphatic carbocycles. The van der Waals surface area contributed by atoms with Crippen molar-refractivity contribution in [2.75, 3.05) is 7.05 Å². The maximum absolute atomic E-state index is 12.1. The summed E-state index contributed by atoms with van der Waals surface area (Å²) < 4.78 is 0.875. The molecule has 2 rings (SSSR count). The molecule has 116 valence electrons. The first kappa shape index (κ1) is 17.0. The van der Waals surface area contributed by atoms with Gasteiger partial charge in [0.05, 0.1) is 0 Å². The first-order valence-corrected chi connectivity index (χ1v) is 8.34. The van der Waals surface area contributed by atoms with Crippen LogP contribution in [0.1, 0.15) is 40.9 Å². The van der Waals surface area contributed by atoms with E-state index >= 15 is 0 Å². The smallest absolute Gasteiger partial charge is 0.269 e. The first-order valence-electron chi connectivity index (χ1n) is 7.17. The number of benzene rings is 1. The van der Waals surface area contributed by atoms with Gasteiger partial charge in [0.2, 0.25) is 0 Å². The summed E-state index contributed by atoms with van der Waals surface area (Å²) in [6.07, 6.45) is 3.38. The van der Waals surface area contributed by atoms with Crippen LogP contribution >= 0.6 is 27.5 Å². The molecule has 3 nitrogen and oxygen atoms in total. The van der Waals surface area contributed by atoms with Crippen molar-refractivity contribution in [1.29, 1.82) is 0 Å². The van der Waals surface area contributed by atoms with Gasteiger partial charge in [-0.15, -0.1) is 0 Å². The summed E-state index contributed by atoms with van der Waals surface area (Å²) in [5.41, 5.74) is 2.60. The van der Waals surface area contributed by atoms with E-state index in [1.54, 1.807) is 13.2 Å². The van der Waals surface area contributed by atoms with Gasteiger partial charge in [0.1, 0.15) is 5.69 Å². The number of pyridine rings is 1. The first-order chi connectivity index (χ1) is 10.5. The van der Waals surface area contributed by atoms with Crippen LogP contribution in [-0.2, 0) is 6.42 Å². The molecule has 1 aromatic heterocycles. The van der Waals surface area contributed by atoms with E-state index in [1.165, 1.54) is 0 Å². The molecule has 0 aliphatic heterocycles. The maximum atomic E-state index is 12.1. The van der Waals surface area contributed by atoms with Gasteiger partial charge < -0.3 is 5.32 Å². The summed E-state index contributed by atoms with van der Waals surface area (Å²) in [6.45, 7) is 2.11. The number of rotatable bonds is 5. The molecule has 1 heterocycles. The van der Waals surface area contributed by atoms with Crippen LogP contribution in [0.3, 0.4) is 0 Å². The minimum atomic E-state index is -0.160. The van der Waals surface area contributed by atoms with Gasteiger partial charge in [-0.3, -0.25) is 4.79 Å². The fourth-order valence-corrected chi connectivity index (χ4v) is 3.06. The SMILES string of the molecule is CCC(Cc1cccc(Cl)c1)c1cc(Br)cnc1C(=O)NC. The number of halogens is 2. The van der Waals surface area contributed by atoms with Gasteiger partial charge in [0.15, 0.2) is 0 Å². The Morgan fingerprint density at radius 2 is 2.18 bits per heavy atom. The van der Waals surface area contributed by atoms with Crippen LogP contribution in [-0.4, -0.2) is 17.9 Å². The van der Waals surface area contributed by atoms with Crippen LogP contribution < -0.4 is 5.32 Å². The highest BCUT2D eigenvalue weighted by molar-refractivity contribution is 9.10. The largest absolute Gasteiger partial charge is 0.354 e. The number of hydrogen-bond acceptors (Lipinski definition) is 2. The highest BCUT2D eigenvalue weighted by Gasteiger charge is 2.20. The third kappa shape index (κ3) is 4.08. The summed E-state index contributed by atoms with van der Waals surface area (Å²) in [5, 5.41) is 3.38. The highest BCUT2D eigenvalue weighted by Crippen LogP contribution is 2.29. The van der Waals surface area contributed by atoms with Crippen molar-refractivity contribution in [2.24, 2.45) is 0 Å². The lowest BCUT2D eigenvalue weighted by Gasteiger charge is -2.18. The molecule has 0 bridgehead atoms. The van der Waals surface area contributed by atoms with Crippen molar-refractivity contribution in [3.05, 3.63) is 62.8 Å². The van der Waals surface area contributed by atoms with Crippen LogP contribution in [0.5, 0.6) is 0 Å². The van der Waals surface area contributed by atoms with Gasteiger partial charge in [0.25, 0.3) is 5.91 Å². The van der Waals surface area contributed by atoms with E-state index in [0.717, 1.165) is 33.5 Å². The molecule has 2 aromatic rings. The predicted octanol–water partition coefficient (Wildman–Crippen LogP) is 4.59. The number of hydrogen-bond donors (Lipinski definition) is 1. The predicted molar refractivity (Wildman–Crippen MR) is 93.5 cm³/mol. The highest BCUT2D eigenvalue weighted by atomic mass is 79.9. The Bertz CT molecular complexity index is 675. The van der Waals surface area contributed by atoms with Crippen molar-refractivity contribution in [3.63, 3.8) is 0 Å². The average molecular weight is 382 g/mol. The maximum Gasteiger partial charge on any atom is 0.269 e. The molecule has 1 unspecified atom stereocenters.